The molecule has 2 nitrogen and oxygen atoms in total. The molecular formula is C13H25BO2. The predicted molar refractivity (Wildman–Crippen MR) is 73.0 cm³/mol. The van der Waals surface area contributed by atoms with Gasteiger partial charge in [-0.15, -0.1) is 0 Å². The Morgan fingerprint density at radius 3 is 2.19 bits per heavy atom. The van der Waals surface area contributed by atoms with E-state index < -0.39 is 7.12 Å². The van der Waals surface area contributed by atoms with Gasteiger partial charge in [-0.3, -0.25) is 0 Å². The van der Waals surface area contributed by atoms with Gasteiger partial charge < -0.3 is 10.0 Å². The van der Waals surface area contributed by atoms with Crippen LogP contribution in [0.15, 0.2) is 24.3 Å². The molecule has 0 aliphatic rings. The maximum absolute atomic E-state index is 8.94. The normalized spacial score (nSPS) is 10.4. The lowest BCUT2D eigenvalue weighted by atomic mass is 9.80. The molecule has 2 N–H and O–H groups in total. The molecule has 0 fully saturated rings. The fourth-order valence-corrected chi connectivity index (χ4v) is 1.79. The Morgan fingerprint density at radius 1 is 1.00 bits per heavy atom. The van der Waals surface area contributed by atoms with Crippen LogP contribution >= 0.6 is 0 Å². The summed E-state index contributed by atoms with van der Waals surface area (Å²) in [7, 11) is -1.35. The zero-order chi connectivity index (χ0) is 11.8. The van der Waals surface area contributed by atoms with Crippen molar-refractivity contribution in [1.82, 2.24) is 0 Å². The Kier molecular flexibility index (Phi) is 6.20. The van der Waals surface area contributed by atoms with Gasteiger partial charge in [0.25, 0.3) is 0 Å². The Morgan fingerprint density at radius 2 is 1.62 bits per heavy atom. The van der Waals surface area contributed by atoms with Crippen LogP contribution in [0.3, 0.4) is 0 Å². The largest absolute Gasteiger partial charge is 0.488 e. The van der Waals surface area contributed by atoms with Gasteiger partial charge in [0.15, 0.2) is 0 Å². The maximum atomic E-state index is 8.94. The molecule has 0 saturated heterocycles. The summed E-state index contributed by atoms with van der Waals surface area (Å²) in [6, 6.07) is 7.53. The van der Waals surface area contributed by atoms with Crippen LogP contribution < -0.4 is 5.46 Å². The number of benzene rings is 1. The first-order valence-corrected chi connectivity index (χ1v) is 6.19. The lowest BCUT2D eigenvalue weighted by Crippen LogP contribution is -2.29. The second kappa shape index (κ2) is 7.47. The summed E-state index contributed by atoms with van der Waals surface area (Å²) in [5.74, 6) is 0. The Bertz CT molecular complexity index is 292. The van der Waals surface area contributed by atoms with Gasteiger partial charge in [-0.2, -0.15) is 0 Å². The highest BCUT2D eigenvalue weighted by Gasteiger charge is 2.09. The van der Waals surface area contributed by atoms with Gasteiger partial charge in [-0.1, -0.05) is 56.9 Å². The van der Waals surface area contributed by atoms with Gasteiger partial charge >= 0.3 is 7.12 Å². The highest BCUT2D eigenvalue weighted by Crippen LogP contribution is 2.08. The third-order valence-corrected chi connectivity index (χ3v) is 2.85. The summed E-state index contributed by atoms with van der Waals surface area (Å²) < 4.78 is 0. The molecule has 1 rings (SSSR count). The van der Waals surface area contributed by atoms with E-state index in [1.165, 1.54) is 37.7 Å². The van der Waals surface area contributed by atoms with Crippen molar-refractivity contribution in [2.75, 3.05) is 0 Å². The number of aryl methyl sites for hydroxylation is 1. The van der Waals surface area contributed by atoms with Crippen molar-refractivity contribution in [3.63, 3.8) is 0 Å². The lowest BCUT2D eigenvalue weighted by molar-refractivity contribution is 0.426. The van der Waals surface area contributed by atoms with Crippen LogP contribution in [-0.2, 0) is 6.42 Å². The van der Waals surface area contributed by atoms with Crippen LogP contribution in [0.1, 0.15) is 47.4 Å². The van der Waals surface area contributed by atoms with E-state index in [-0.39, 0.29) is 2.85 Å². The predicted octanol–water partition coefficient (Wildman–Crippen LogP) is 2.37. The molecule has 0 aliphatic heterocycles. The van der Waals surface area contributed by atoms with E-state index in [1.807, 2.05) is 12.1 Å². The second-order valence-electron chi connectivity index (χ2n) is 4.28. The Balaban J connectivity index is 0. The van der Waals surface area contributed by atoms with Gasteiger partial charge in [0.1, 0.15) is 0 Å². The quantitative estimate of drug-likeness (QED) is 0.551. The summed E-state index contributed by atoms with van der Waals surface area (Å²) in [5.41, 5.74) is 1.84. The van der Waals surface area contributed by atoms with Crippen LogP contribution in [0.4, 0.5) is 0 Å². The molecule has 0 atom stereocenters. The topological polar surface area (TPSA) is 40.5 Å². The smallest absolute Gasteiger partial charge is 0.423 e. The third-order valence-electron chi connectivity index (χ3n) is 2.85. The van der Waals surface area contributed by atoms with Crippen molar-refractivity contribution in [1.29, 1.82) is 0 Å². The summed E-state index contributed by atoms with van der Waals surface area (Å²) in [5, 5.41) is 17.9. The van der Waals surface area contributed by atoms with Crippen molar-refractivity contribution >= 4 is 12.6 Å². The molecule has 0 spiro atoms. The molecular weight excluding hydrogens is 199 g/mol. The first-order valence-electron chi connectivity index (χ1n) is 6.19. The zero-order valence-corrected chi connectivity index (χ0v) is 10.0. The monoisotopic (exact) mass is 224 g/mol. The van der Waals surface area contributed by atoms with E-state index in [0.717, 1.165) is 6.42 Å². The highest BCUT2D eigenvalue weighted by molar-refractivity contribution is 6.58. The van der Waals surface area contributed by atoms with E-state index in [0.29, 0.717) is 5.46 Å². The van der Waals surface area contributed by atoms with Crippen molar-refractivity contribution in [3.05, 3.63) is 29.8 Å². The molecule has 3 heteroatoms. The van der Waals surface area contributed by atoms with Crippen molar-refractivity contribution in [2.45, 2.75) is 45.4 Å². The van der Waals surface area contributed by atoms with Crippen molar-refractivity contribution in [2.24, 2.45) is 0 Å². The molecule has 0 amide bonds. The molecule has 0 bridgehead atoms. The summed E-state index contributed by atoms with van der Waals surface area (Å²) in [6.07, 6.45) is 7.54. The minimum Gasteiger partial charge on any atom is -0.423 e. The number of unbranched alkanes of at least 4 members (excludes halogenated alkanes) is 4. The van der Waals surface area contributed by atoms with E-state index in [2.05, 4.69) is 6.92 Å². The molecule has 1 aromatic rings. The minimum absolute atomic E-state index is 0. The molecule has 0 aromatic heterocycles. The SMILES string of the molecule is CCCCCCCc1ccc(B(O)O)cc1.[HH].[HH]. The Labute approximate surface area is 101 Å². The fraction of sp³-hybridized carbons (Fsp3) is 0.538. The summed E-state index contributed by atoms with van der Waals surface area (Å²) in [6.45, 7) is 2.22. The molecule has 0 saturated carbocycles. The average Bonchev–Trinajstić information content (AvgIpc) is 2.29. The van der Waals surface area contributed by atoms with E-state index in [1.54, 1.807) is 12.1 Å². The Hall–Kier alpha value is -0.795. The van der Waals surface area contributed by atoms with Crippen LogP contribution in [0.2, 0.25) is 0 Å². The van der Waals surface area contributed by atoms with Gasteiger partial charge in [-0.25, -0.2) is 0 Å². The second-order valence-corrected chi connectivity index (χ2v) is 4.28. The molecule has 1 aromatic carbocycles. The summed E-state index contributed by atoms with van der Waals surface area (Å²) in [4.78, 5) is 0. The van der Waals surface area contributed by atoms with Gasteiger partial charge in [0.2, 0.25) is 0 Å². The number of rotatable bonds is 7. The van der Waals surface area contributed by atoms with Crippen LogP contribution in [0.25, 0.3) is 0 Å². The van der Waals surface area contributed by atoms with E-state index in [9.17, 15) is 0 Å². The fourth-order valence-electron chi connectivity index (χ4n) is 1.79. The molecule has 0 aliphatic carbocycles. The lowest BCUT2D eigenvalue weighted by Gasteiger charge is -2.03. The van der Waals surface area contributed by atoms with Gasteiger partial charge in [0.05, 0.1) is 0 Å². The molecule has 0 heterocycles. The third kappa shape index (κ3) is 4.82. The van der Waals surface area contributed by atoms with Crippen LogP contribution in [-0.4, -0.2) is 17.2 Å². The molecule has 0 unspecified atom stereocenters. The first kappa shape index (κ1) is 13.3. The van der Waals surface area contributed by atoms with Crippen LogP contribution in [0, 0.1) is 0 Å². The maximum Gasteiger partial charge on any atom is 0.488 e. The van der Waals surface area contributed by atoms with E-state index >= 15 is 0 Å². The average molecular weight is 224 g/mol. The van der Waals surface area contributed by atoms with Crippen LogP contribution in [0.5, 0.6) is 0 Å². The van der Waals surface area contributed by atoms with E-state index in [4.69, 9.17) is 10.0 Å². The van der Waals surface area contributed by atoms with Crippen molar-refractivity contribution < 1.29 is 12.9 Å². The molecule has 16 heavy (non-hydrogen) atoms. The first-order chi connectivity index (χ1) is 7.74. The highest BCUT2D eigenvalue weighted by atomic mass is 16.4. The standard InChI is InChI=1S/C13H21BO2.2H2/c1-2-3-4-5-6-7-12-8-10-13(11-9-12)14(15)16;;/h8-11,15-16H,2-7H2,1H3;2*1H. The van der Waals surface area contributed by atoms with Gasteiger partial charge in [-0.05, 0) is 23.9 Å². The molecule has 92 valence electrons. The number of hydrogen-bond acceptors (Lipinski definition) is 2. The van der Waals surface area contributed by atoms with Gasteiger partial charge in [0, 0.05) is 2.85 Å². The number of hydrogen-bond donors (Lipinski definition) is 2. The minimum atomic E-state index is -1.35. The zero-order valence-electron chi connectivity index (χ0n) is 10.0. The molecule has 0 radical (unpaired) electrons. The van der Waals surface area contributed by atoms with Crippen molar-refractivity contribution in [3.8, 4) is 0 Å². The summed E-state index contributed by atoms with van der Waals surface area (Å²) >= 11 is 0.